The number of nitrogens with zero attached hydrogens (tertiary/aromatic N) is 4. The van der Waals surface area contributed by atoms with Gasteiger partial charge in [-0.25, -0.2) is 19.9 Å². The molecule has 4 aromatic rings. The van der Waals surface area contributed by atoms with Gasteiger partial charge < -0.3 is 21.1 Å². The predicted octanol–water partition coefficient (Wildman–Crippen LogP) is 5.19. The summed E-state index contributed by atoms with van der Waals surface area (Å²) in [7, 11) is 0.527. The molecule has 0 amide bonds. The summed E-state index contributed by atoms with van der Waals surface area (Å²) in [6.07, 6.45) is 2.97. The van der Waals surface area contributed by atoms with Gasteiger partial charge in [-0.05, 0) is 35.8 Å². The Morgan fingerprint density at radius 3 is 2.00 bits per heavy atom. The molecule has 0 spiro atoms. The van der Waals surface area contributed by atoms with Gasteiger partial charge in [-0.2, -0.15) is 0 Å². The van der Waals surface area contributed by atoms with E-state index in [0.717, 1.165) is 25.9 Å². The number of anilines is 2. The van der Waals surface area contributed by atoms with Crippen molar-refractivity contribution in [1.82, 2.24) is 19.9 Å². The molecule has 0 bridgehead atoms. The van der Waals surface area contributed by atoms with Crippen LogP contribution in [0.15, 0.2) is 39.2 Å². The SMILES string of the molecule is Cc1csc(-c2cnc(N)cc2Cl)n1.Cc1csc(Br)n1.Nc1cc(Cl)c(O[B]O)cn1. The van der Waals surface area contributed by atoms with Crippen molar-refractivity contribution < 1.29 is 9.68 Å². The van der Waals surface area contributed by atoms with Crippen LogP contribution in [0, 0.1) is 13.8 Å². The summed E-state index contributed by atoms with van der Waals surface area (Å²) in [5, 5.41) is 14.0. The van der Waals surface area contributed by atoms with Crippen LogP contribution in [0.4, 0.5) is 11.6 Å². The number of nitrogen functional groups attached to an aromatic ring is 2. The number of aromatic nitrogens is 4. The minimum absolute atomic E-state index is 0.267. The molecule has 32 heavy (non-hydrogen) atoms. The highest BCUT2D eigenvalue weighted by atomic mass is 79.9. The zero-order valence-corrected chi connectivity index (χ0v) is 21.5. The summed E-state index contributed by atoms with van der Waals surface area (Å²) >= 11 is 18.0. The summed E-state index contributed by atoms with van der Waals surface area (Å²) in [4.78, 5) is 16.1. The lowest BCUT2D eigenvalue weighted by Crippen LogP contribution is -2.01. The number of halogens is 3. The van der Waals surface area contributed by atoms with E-state index in [0.29, 0.717) is 29.4 Å². The maximum atomic E-state index is 8.25. The highest BCUT2D eigenvalue weighted by molar-refractivity contribution is 9.11. The van der Waals surface area contributed by atoms with Crippen LogP contribution in [-0.4, -0.2) is 32.6 Å². The first-order valence-corrected chi connectivity index (χ1v) is 11.9. The highest BCUT2D eigenvalue weighted by Gasteiger charge is 2.08. The van der Waals surface area contributed by atoms with E-state index in [1.165, 1.54) is 12.3 Å². The predicted molar refractivity (Wildman–Crippen MR) is 136 cm³/mol. The van der Waals surface area contributed by atoms with Crippen molar-refractivity contribution in [3.8, 4) is 16.3 Å². The third-order valence-electron chi connectivity index (χ3n) is 3.34. The standard InChI is InChI=1S/C9H8ClN3S.C5H5BClN2O2.C4H4BrNS/c1-5-4-14-9(13-5)6-3-12-8(11)2-7(6)10;7-3-1-5(8)9-2-4(3)11-6-10;1-3-2-7-4(5)6-3/h2-4H,1H3,(H2,11,12);1-2,10H,(H2,8,9);2H,1H3. The number of rotatable bonds is 3. The Labute approximate surface area is 212 Å². The van der Waals surface area contributed by atoms with E-state index in [1.807, 2.05) is 24.6 Å². The van der Waals surface area contributed by atoms with Crippen molar-refractivity contribution in [3.63, 3.8) is 0 Å². The summed E-state index contributed by atoms with van der Waals surface area (Å²) in [6.45, 7) is 3.92. The summed E-state index contributed by atoms with van der Waals surface area (Å²) in [5.74, 6) is 0.996. The number of thiazole rings is 2. The molecule has 0 aromatic carbocycles. The van der Waals surface area contributed by atoms with Crippen molar-refractivity contribution in [2.45, 2.75) is 13.8 Å². The third kappa shape index (κ3) is 8.53. The summed E-state index contributed by atoms with van der Waals surface area (Å²) in [6, 6.07) is 3.06. The fraction of sp³-hybridized carbons (Fsp3) is 0.111. The van der Waals surface area contributed by atoms with Crippen molar-refractivity contribution in [2.24, 2.45) is 0 Å². The Balaban J connectivity index is 0.000000180. The molecule has 4 aromatic heterocycles. The third-order valence-corrected chi connectivity index (χ3v) is 6.42. The smallest absolute Gasteiger partial charge is 0.535 e. The zero-order valence-electron chi connectivity index (χ0n) is 16.8. The van der Waals surface area contributed by atoms with Crippen LogP contribution in [0.25, 0.3) is 10.6 Å². The normalized spacial score (nSPS) is 9.81. The van der Waals surface area contributed by atoms with Crippen molar-refractivity contribution >= 4 is 81.1 Å². The molecular formula is C18H17BBrCl2N6O2S2. The quantitative estimate of drug-likeness (QED) is 0.285. The lowest BCUT2D eigenvalue weighted by Gasteiger charge is -2.02. The van der Waals surface area contributed by atoms with Crippen LogP contribution in [-0.2, 0) is 0 Å². The second kappa shape index (κ2) is 12.9. The molecule has 167 valence electrons. The lowest BCUT2D eigenvalue weighted by atomic mass is 10.3. The molecule has 0 aliphatic rings. The largest absolute Gasteiger partial charge is 0.569 e. The molecule has 8 nitrogen and oxygen atoms in total. The number of pyridine rings is 2. The maximum absolute atomic E-state index is 8.25. The van der Waals surface area contributed by atoms with Gasteiger partial charge in [0.1, 0.15) is 22.4 Å². The first-order valence-electron chi connectivity index (χ1n) is 8.64. The zero-order chi connectivity index (χ0) is 23.7. The van der Waals surface area contributed by atoms with Crippen molar-refractivity contribution in [3.05, 3.63) is 60.6 Å². The molecule has 0 fully saturated rings. The topological polar surface area (TPSA) is 133 Å². The molecule has 14 heteroatoms. The second-order valence-electron chi connectivity index (χ2n) is 5.89. The van der Waals surface area contributed by atoms with E-state index in [-0.39, 0.29) is 5.75 Å². The van der Waals surface area contributed by atoms with Crippen molar-refractivity contribution in [1.29, 1.82) is 0 Å². The van der Waals surface area contributed by atoms with Gasteiger partial charge in [-0.15, -0.1) is 22.7 Å². The molecule has 4 heterocycles. The highest BCUT2D eigenvalue weighted by Crippen LogP contribution is 2.30. The molecule has 0 atom stereocenters. The minimum atomic E-state index is 0.267. The molecule has 0 unspecified atom stereocenters. The Morgan fingerprint density at radius 2 is 1.56 bits per heavy atom. The van der Waals surface area contributed by atoms with E-state index >= 15 is 0 Å². The van der Waals surface area contributed by atoms with E-state index < -0.39 is 0 Å². The fourth-order valence-electron chi connectivity index (χ4n) is 1.98. The van der Waals surface area contributed by atoms with Crippen LogP contribution >= 0.6 is 61.8 Å². The molecule has 4 rings (SSSR count). The van der Waals surface area contributed by atoms with Gasteiger partial charge in [0.05, 0.1) is 16.2 Å². The van der Waals surface area contributed by atoms with Gasteiger partial charge in [-0.3, -0.25) is 0 Å². The van der Waals surface area contributed by atoms with Gasteiger partial charge >= 0.3 is 7.69 Å². The first kappa shape index (κ1) is 26.3. The van der Waals surface area contributed by atoms with Crippen LogP contribution in [0.5, 0.6) is 5.75 Å². The number of nitrogens with two attached hydrogens (primary N) is 2. The van der Waals surface area contributed by atoms with Crippen LogP contribution in [0.3, 0.4) is 0 Å². The number of hydrogen-bond acceptors (Lipinski definition) is 10. The molecule has 1 radical (unpaired) electrons. The Morgan fingerprint density at radius 1 is 0.969 bits per heavy atom. The molecule has 5 N–H and O–H groups in total. The summed E-state index contributed by atoms with van der Waals surface area (Å²) in [5.41, 5.74) is 13.7. The Hall–Kier alpha value is -1.96. The molecule has 0 aliphatic carbocycles. The Bertz CT molecular complexity index is 1150. The van der Waals surface area contributed by atoms with Crippen LogP contribution in [0.1, 0.15) is 11.4 Å². The van der Waals surface area contributed by atoms with Crippen LogP contribution in [0.2, 0.25) is 10.0 Å². The van der Waals surface area contributed by atoms with Gasteiger partial charge in [-0.1, -0.05) is 23.2 Å². The average Bonchev–Trinajstić information content (AvgIpc) is 3.32. The van der Waals surface area contributed by atoms with E-state index in [4.69, 9.17) is 39.7 Å². The molecule has 0 aliphatic heterocycles. The van der Waals surface area contributed by atoms with E-state index in [1.54, 1.807) is 34.9 Å². The number of aryl methyl sites for hydroxylation is 2. The van der Waals surface area contributed by atoms with Gasteiger partial charge in [0.25, 0.3) is 0 Å². The van der Waals surface area contributed by atoms with E-state index in [9.17, 15) is 0 Å². The second-order valence-corrected chi connectivity index (χ2v) is 9.69. The monoisotopic (exact) mass is 573 g/mol. The number of hydrogen-bond donors (Lipinski definition) is 3. The van der Waals surface area contributed by atoms with E-state index in [2.05, 4.69) is 40.5 Å². The van der Waals surface area contributed by atoms with Gasteiger partial charge in [0, 0.05) is 40.0 Å². The average molecular weight is 575 g/mol. The fourth-order valence-corrected chi connectivity index (χ4v) is 4.39. The van der Waals surface area contributed by atoms with Gasteiger partial charge in [0.15, 0.2) is 3.92 Å². The molecule has 0 saturated carbocycles. The molecule has 0 saturated heterocycles. The van der Waals surface area contributed by atoms with Gasteiger partial charge in [0.2, 0.25) is 0 Å². The maximum Gasteiger partial charge on any atom is 0.569 e. The lowest BCUT2D eigenvalue weighted by molar-refractivity contribution is 0.453. The minimum Gasteiger partial charge on any atom is -0.535 e. The van der Waals surface area contributed by atoms with Crippen molar-refractivity contribution in [2.75, 3.05) is 11.5 Å². The molecular weight excluding hydrogens is 558 g/mol. The van der Waals surface area contributed by atoms with Crippen LogP contribution < -0.4 is 16.1 Å². The summed E-state index contributed by atoms with van der Waals surface area (Å²) < 4.78 is 5.54. The first-order chi connectivity index (χ1) is 15.2. The Kier molecular flexibility index (Phi) is 10.6.